The Morgan fingerprint density at radius 2 is 1.83 bits per heavy atom. The highest BCUT2D eigenvalue weighted by Crippen LogP contribution is 2.22. The van der Waals surface area contributed by atoms with Gasteiger partial charge in [0.05, 0.1) is 17.1 Å². The molecule has 12 heteroatoms. The first-order valence-electron chi connectivity index (χ1n) is 13.2. The number of hydrogen-bond donors (Lipinski definition) is 2. The van der Waals surface area contributed by atoms with Gasteiger partial charge >= 0.3 is 0 Å². The molecular weight excluding hydrogens is 563 g/mol. The van der Waals surface area contributed by atoms with Gasteiger partial charge in [-0.15, -0.1) is 0 Å². The Morgan fingerprint density at radius 1 is 1.05 bits per heavy atom. The van der Waals surface area contributed by atoms with Gasteiger partial charge in [-0.1, -0.05) is 29.8 Å². The van der Waals surface area contributed by atoms with Gasteiger partial charge in [-0.3, -0.25) is 28.8 Å². The van der Waals surface area contributed by atoms with E-state index in [1.54, 1.807) is 56.6 Å². The Kier molecular flexibility index (Phi) is 9.64. The number of aromatic nitrogens is 3. The fourth-order valence-electron chi connectivity index (χ4n) is 4.36. The molecule has 4 aromatic rings. The monoisotopic (exact) mass is 592 g/mol. The van der Waals surface area contributed by atoms with Crippen LogP contribution in [0.15, 0.2) is 60.9 Å². The van der Waals surface area contributed by atoms with Crippen LogP contribution in [0.3, 0.4) is 0 Å². The molecule has 4 rings (SSSR count). The molecule has 42 heavy (non-hydrogen) atoms. The van der Waals surface area contributed by atoms with Crippen LogP contribution in [0.1, 0.15) is 52.7 Å². The SMILES string of the molecule is CC(=O)c1nn(CC(=O)N(CC(=O)NCc2cccc(Cl)c2F)C(C)C)c2ccc(C(=O)NCc3cccnc3)cc12. The van der Waals surface area contributed by atoms with E-state index >= 15 is 0 Å². The number of Topliss-reactive ketones (excluding diaryl/α,β-unsaturated/α-hetero) is 1. The van der Waals surface area contributed by atoms with Gasteiger partial charge in [-0.25, -0.2) is 4.39 Å². The van der Waals surface area contributed by atoms with Gasteiger partial charge in [-0.2, -0.15) is 5.10 Å². The molecule has 0 spiro atoms. The topological polar surface area (TPSA) is 126 Å². The van der Waals surface area contributed by atoms with Crippen LogP contribution in [0.2, 0.25) is 5.02 Å². The van der Waals surface area contributed by atoms with Crippen molar-refractivity contribution in [3.8, 4) is 0 Å². The molecule has 0 aliphatic heterocycles. The van der Waals surface area contributed by atoms with Crippen LogP contribution in [0.25, 0.3) is 10.9 Å². The van der Waals surface area contributed by atoms with Crippen LogP contribution in [-0.2, 0) is 29.2 Å². The maximum absolute atomic E-state index is 14.2. The number of fused-ring (bicyclic) bond motifs is 1. The highest BCUT2D eigenvalue weighted by molar-refractivity contribution is 6.30. The number of nitrogens with one attached hydrogen (secondary N) is 2. The zero-order valence-electron chi connectivity index (χ0n) is 23.4. The summed E-state index contributed by atoms with van der Waals surface area (Å²) in [6, 6.07) is 12.6. The van der Waals surface area contributed by atoms with E-state index in [-0.39, 0.29) is 60.2 Å². The van der Waals surface area contributed by atoms with Crippen molar-refractivity contribution >= 4 is 46.0 Å². The zero-order valence-corrected chi connectivity index (χ0v) is 24.1. The summed E-state index contributed by atoms with van der Waals surface area (Å²) in [7, 11) is 0. The highest BCUT2D eigenvalue weighted by Gasteiger charge is 2.24. The number of halogens is 2. The molecule has 2 aromatic carbocycles. The molecule has 0 radical (unpaired) electrons. The van der Waals surface area contributed by atoms with Gasteiger partial charge in [0.15, 0.2) is 5.78 Å². The Bertz CT molecular complexity index is 1640. The second kappa shape index (κ2) is 13.3. The number of rotatable bonds is 11. The summed E-state index contributed by atoms with van der Waals surface area (Å²) >= 11 is 5.81. The van der Waals surface area contributed by atoms with Crippen molar-refractivity contribution in [2.45, 2.75) is 46.4 Å². The number of carbonyl (C=O) groups excluding carboxylic acids is 4. The Labute approximate surface area is 246 Å². The number of ketones is 1. The van der Waals surface area contributed by atoms with Crippen LogP contribution in [0, 0.1) is 5.82 Å². The number of benzene rings is 2. The summed E-state index contributed by atoms with van der Waals surface area (Å²) in [5.41, 5.74) is 2.00. The van der Waals surface area contributed by atoms with Crippen LogP contribution in [-0.4, -0.2) is 55.8 Å². The third-order valence-electron chi connectivity index (χ3n) is 6.57. The average molecular weight is 593 g/mol. The molecule has 2 heterocycles. The third-order valence-corrected chi connectivity index (χ3v) is 6.86. The first-order chi connectivity index (χ1) is 20.0. The minimum Gasteiger partial charge on any atom is -0.350 e. The maximum Gasteiger partial charge on any atom is 0.251 e. The summed E-state index contributed by atoms with van der Waals surface area (Å²) in [6.45, 7) is 4.57. The number of nitrogens with zero attached hydrogens (tertiary/aromatic N) is 4. The van der Waals surface area contributed by atoms with Gasteiger partial charge in [0.25, 0.3) is 5.91 Å². The Morgan fingerprint density at radius 3 is 2.52 bits per heavy atom. The minimum atomic E-state index is -0.614. The summed E-state index contributed by atoms with van der Waals surface area (Å²) in [5, 5.41) is 10.2. The van der Waals surface area contributed by atoms with Crippen molar-refractivity contribution in [3.05, 3.63) is 94.1 Å². The predicted octanol–water partition coefficient (Wildman–Crippen LogP) is 3.91. The quantitative estimate of drug-likeness (QED) is 0.254. The summed E-state index contributed by atoms with van der Waals surface area (Å²) in [6.07, 6.45) is 3.30. The second-order valence-electron chi connectivity index (χ2n) is 9.94. The predicted molar refractivity (Wildman–Crippen MR) is 155 cm³/mol. The highest BCUT2D eigenvalue weighted by atomic mass is 35.5. The van der Waals surface area contributed by atoms with E-state index in [2.05, 4.69) is 20.7 Å². The van der Waals surface area contributed by atoms with Gasteiger partial charge < -0.3 is 15.5 Å². The van der Waals surface area contributed by atoms with E-state index < -0.39 is 17.6 Å². The molecule has 0 bridgehead atoms. The molecule has 2 aromatic heterocycles. The lowest BCUT2D eigenvalue weighted by molar-refractivity contribution is -0.138. The van der Waals surface area contributed by atoms with E-state index in [1.165, 1.54) is 28.6 Å². The normalized spacial score (nSPS) is 11.0. The maximum atomic E-state index is 14.2. The number of amides is 3. The number of carbonyl (C=O) groups is 4. The number of pyridine rings is 1. The van der Waals surface area contributed by atoms with Crippen molar-refractivity contribution in [2.75, 3.05) is 6.54 Å². The summed E-state index contributed by atoms with van der Waals surface area (Å²) in [5.74, 6) is -2.17. The van der Waals surface area contributed by atoms with E-state index in [9.17, 15) is 23.6 Å². The standard InChI is InChI=1S/C30H30ClFN6O4/c1-18(2)37(16-26(40)34-15-22-7-4-8-24(31)28(22)32)27(41)17-38-25-10-9-21(12-23(25)29(36-38)19(3)39)30(42)35-14-20-6-5-11-33-13-20/h4-13,18H,14-17H2,1-3H3,(H,34,40)(H,35,42). The largest absolute Gasteiger partial charge is 0.350 e. The number of hydrogen-bond acceptors (Lipinski definition) is 6. The molecule has 218 valence electrons. The first kappa shape index (κ1) is 30.3. The summed E-state index contributed by atoms with van der Waals surface area (Å²) < 4.78 is 15.6. The molecule has 0 saturated heterocycles. The molecule has 0 aliphatic rings. The van der Waals surface area contributed by atoms with E-state index in [1.807, 2.05) is 6.07 Å². The van der Waals surface area contributed by atoms with Gasteiger partial charge in [-0.05, 0) is 49.7 Å². The Balaban J connectivity index is 1.48. The molecule has 3 amide bonds. The minimum absolute atomic E-state index is 0.0467. The van der Waals surface area contributed by atoms with Crippen molar-refractivity contribution < 1.29 is 23.6 Å². The van der Waals surface area contributed by atoms with E-state index in [0.717, 1.165) is 5.56 Å². The summed E-state index contributed by atoms with van der Waals surface area (Å²) in [4.78, 5) is 56.6. The third kappa shape index (κ3) is 7.16. The molecule has 0 unspecified atom stereocenters. The zero-order chi connectivity index (χ0) is 30.4. The van der Waals surface area contributed by atoms with Crippen LogP contribution in [0.4, 0.5) is 4.39 Å². The molecular formula is C30H30ClFN6O4. The molecule has 0 saturated carbocycles. The van der Waals surface area contributed by atoms with Crippen molar-refractivity contribution in [3.63, 3.8) is 0 Å². The molecule has 0 atom stereocenters. The van der Waals surface area contributed by atoms with Gasteiger partial charge in [0.1, 0.15) is 18.1 Å². The lowest BCUT2D eigenvalue weighted by Crippen LogP contribution is -2.45. The molecule has 0 aliphatic carbocycles. The van der Waals surface area contributed by atoms with Crippen molar-refractivity contribution in [2.24, 2.45) is 0 Å². The fraction of sp³-hybridized carbons (Fsp3) is 0.267. The second-order valence-corrected chi connectivity index (χ2v) is 10.4. The molecule has 0 fully saturated rings. The molecule has 2 N–H and O–H groups in total. The average Bonchev–Trinajstić information content (AvgIpc) is 3.33. The smallest absolute Gasteiger partial charge is 0.251 e. The van der Waals surface area contributed by atoms with Gasteiger partial charge in [0, 0.05) is 55.0 Å². The van der Waals surface area contributed by atoms with Crippen LogP contribution < -0.4 is 10.6 Å². The lowest BCUT2D eigenvalue weighted by Gasteiger charge is -2.26. The van der Waals surface area contributed by atoms with E-state index in [4.69, 9.17) is 11.6 Å². The van der Waals surface area contributed by atoms with Gasteiger partial charge in [0.2, 0.25) is 11.8 Å². The lowest BCUT2D eigenvalue weighted by atomic mass is 10.1. The van der Waals surface area contributed by atoms with Crippen molar-refractivity contribution in [1.82, 2.24) is 30.3 Å². The first-order valence-corrected chi connectivity index (χ1v) is 13.6. The van der Waals surface area contributed by atoms with Crippen LogP contribution >= 0.6 is 11.6 Å². The Hall–Kier alpha value is -4.64. The van der Waals surface area contributed by atoms with E-state index in [0.29, 0.717) is 16.5 Å². The van der Waals surface area contributed by atoms with Crippen molar-refractivity contribution in [1.29, 1.82) is 0 Å². The molecule has 10 nitrogen and oxygen atoms in total. The van der Waals surface area contributed by atoms with Crippen LogP contribution in [0.5, 0.6) is 0 Å². The fourth-order valence-corrected chi connectivity index (χ4v) is 4.55.